The summed E-state index contributed by atoms with van der Waals surface area (Å²) in [6, 6.07) is 12.8. The van der Waals surface area contributed by atoms with Gasteiger partial charge in [0, 0.05) is 22.7 Å². The molecule has 3 aromatic rings. The molecule has 0 saturated heterocycles. The number of carbonyl (C=O) groups is 1. The van der Waals surface area contributed by atoms with E-state index < -0.39 is 0 Å². The fourth-order valence-corrected chi connectivity index (χ4v) is 3.70. The molecular formula is C24H29N2O4+. The zero-order valence-corrected chi connectivity index (χ0v) is 18.2. The molecule has 2 aromatic carbocycles. The summed E-state index contributed by atoms with van der Waals surface area (Å²) in [6.07, 6.45) is 0. The molecule has 158 valence electrons. The Balaban J connectivity index is 1.76. The fourth-order valence-electron chi connectivity index (χ4n) is 3.70. The molecular weight excluding hydrogens is 380 g/mol. The number of fused-ring (bicyclic) bond motifs is 1. The lowest BCUT2D eigenvalue weighted by molar-refractivity contribution is -0.885. The summed E-state index contributed by atoms with van der Waals surface area (Å²) in [7, 11) is 3.54. The lowest BCUT2D eigenvalue weighted by Crippen LogP contribution is -3.08. The highest BCUT2D eigenvalue weighted by Crippen LogP contribution is 2.26. The van der Waals surface area contributed by atoms with Crippen molar-refractivity contribution in [2.24, 2.45) is 0 Å². The SMILES string of the molecule is COc1ccc(NC(=O)C[NH+](C)Cc2cc(=O)oc3cc(C)c(C(C)C)cc23)cc1. The molecule has 1 atom stereocenters. The number of rotatable bonds is 7. The molecule has 1 heterocycles. The Morgan fingerprint density at radius 1 is 1.17 bits per heavy atom. The first-order valence-corrected chi connectivity index (χ1v) is 10.1. The number of ether oxygens (including phenoxy) is 1. The molecule has 0 aliphatic rings. The van der Waals surface area contributed by atoms with E-state index in [9.17, 15) is 9.59 Å². The van der Waals surface area contributed by atoms with Crippen LogP contribution in [0.3, 0.4) is 0 Å². The summed E-state index contributed by atoms with van der Waals surface area (Å²) in [5.41, 5.74) is 4.17. The van der Waals surface area contributed by atoms with E-state index in [4.69, 9.17) is 9.15 Å². The van der Waals surface area contributed by atoms with Crippen molar-refractivity contribution in [2.45, 2.75) is 33.2 Å². The number of benzene rings is 2. The maximum absolute atomic E-state index is 12.4. The summed E-state index contributed by atoms with van der Waals surface area (Å²) in [5, 5.41) is 3.82. The summed E-state index contributed by atoms with van der Waals surface area (Å²) < 4.78 is 10.6. The van der Waals surface area contributed by atoms with Crippen LogP contribution >= 0.6 is 0 Å². The highest BCUT2D eigenvalue weighted by molar-refractivity contribution is 5.91. The summed E-state index contributed by atoms with van der Waals surface area (Å²) in [4.78, 5) is 25.5. The van der Waals surface area contributed by atoms with Crippen molar-refractivity contribution < 1.29 is 18.8 Å². The average molecular weight is 410 g/mol. The summed E-state index contributed by atoms with van der Waals surface area (Å²) in [5.74, 6) is 1.01. The van der Waals surface area contributed by atoms with E-state index in [0.717, 1.165) is 32.8 Å². The highest BCUT2D eigenvalue weighted by Gasteiger charge is 2.16. The van der Waals surface area contributed by atoms with E-state index in [1.165, 1.54) is 11.6 Å². The Morgan fingerprint density at radius 3 is 2.50 bits per heavy atom. The molecule has 0 aliphatic carbocycles. The topological polar surface area (TPSA) is 73.0 Å². The fraction of sp³-hybridized carbons (Fsp3) is 0.333. The van der Waals surface area contributed by atoms with Gasteiger partial charge < -0.3 is 19.4 Å². The Hall–Kier alpha value is -3.12. The number of nitrogens with one attached hydrogen (secondary N) is 2. The number of methoxy groups -OCH3 is 1. The Bertz CT molecular complexity index is 1100. The first-order valence-electron chi connectivity index (χ1n) is 10.1. The number of aryl methyl sites for hydroxylation is 1. The van der Waals surface area contributed by atoms with Gasteiger partial charge in [0.05, 0.1) is 14.2 Å². The summed E-state index contributed by atoms with van der Waals surface area (Å²) >= 11 is 0. The minimum absolute atomic E-state index is 0.0938. The van der Waals surface area contributed by atoms with Crippen molar-refractivity contribution in [3.63, 3.8) is 0 Å². The second kappa shape index (κ2) is 9.13. The molecule has 0 fully saturated rings. The first-order chi connectivity index (χ1) is 14.3. The van der Waals surface area contributed by atoms with Gasteiger partial charge in [0.15, 0.2) is 6.54 Å². The van der Waals surface area contributed by atoms with Gasteiger partial charge in [-0.05, 0) is 60.4 Å². The van der Waals surface area contributed by atoms with Crippen LogP contribution in [0.25, 0.3) is 11.0 Å². The van der Waals surface area contributed by atoms with Crippen LogP contribution in [0, 0.1) is 6.92 Å². The van der Waals surface area contributed by atoms with Crippen LogP contribution < -0.4 is 20.6 Å². The van der Waals surface area contributed by atoms with E-state index in [2.05, 4.69) is 25.2 Å². The van der Waals surface area contributed by atoms with Crippen LogP contribution in [0.2, 0.25) is 0 Å². The van der Waals surface area contributed by atoms with E-state index >= 15 is 0 Å². The van der Waals surface area contributed by atoms with Gasteiger partial charge in [-0.1, -0.05) is 13.8 Å². The van der Waals surface area contributed by atoms with Crippen molar-refractivity contribution >= 4 is 22.6 Å². The molecule has 0 bridgehead atoms. The minimum atomic E-state index is -0.371. The second-order valence-corrected chi connectivity index (χ2v) is 8.04. The van der Waals surface area contributed by atoms with E-state index in [0.29, 0.717) is 18.0 Å². The molecule has 0 aliphatic heterocycles. The van der Waals surface area contributed by atoms with Gasteiger partial charge in [0.25, 0.3) is 5.91 Å². The predicted octanol–water partition coefficient (Wildman–Crippen LogP) is 2.89. The van der Waals surface area contributed by atoms with Crippen molar-refractivity contribution in [1.82, 2.24) is 0 Å². The van der Waals surface area contributed by atoms with Gasteiger partial charge in [-0.25, -0.2) is 4.79 Å². The van der Waals surface area contributed by atoms with Gasteiger partial charge in [-0.15, -0.1) is 0 Å². The van der Waals surface area contributed by atoms with Crippen LogP contribution in [0.4, 0.5) is 5.69 Å². The molecule has 0 saturated carbocycles. The third kappa shape index (κ3) is 5.07. The molecule has 0 spiro atoms. The normalized spacial score (nSPS) is 12.2. The van der Waals surface area contributed by atoms with Gasteiger partial charge in [0.1, 0.15) is 17.9 Å². The van der Waals surface area contributed by atoms with Gasteiger partial charge in [0.2, 0.25) is 0 Å². The van der Waals surface area contributed by atoms with Crippen LogP contribution in [-0.2, 0) is 11.3 Å². The quantitative estimate of drug-likeness (QED) is 0.589. The number of likely N-dealkylation sites (N-methyl/N-ethyl adjacent to an activating group) is 1. The first kappa shape index (κ1) is 21.6. The molecule has 0 radical (unpaired) electrons. The minimum Gasteiger partial charge on any atom is -0.497 e. The predicted molar refractivity (Wildman–Crippen MR) is 118 cm³/mol. The average Bonchev–Trinajstić information content (AvgIpc) is 2.67. The van der Waals surface area contributed by atoms with Gasteiger partial charge in [-0.3, -0.25) is 4.79 Å². The lowest BCUT2D eigenvalue weighted by atomic mass is 9.95. The molecule has 1 unspecified atom stereocenters. The molecule has 2 N–H and O–H groups in total. The van der Waals surface area contributed by atoms with E-state index in [-0.39, 0.29) is 18.1 Å². The molecule has 1 amide bonds. The third-order valence-electron chi connectivity index (χ3n) is 5.17. The molecule has 6 nitrogen and oxygen atoms in total. The lowest BCUT2D eigenvalue weighted by Gasteiger charge is -2.16. The highest BCUT2D eigenvalue weighted by atomic mass is 16.5. The van der Waals surface area contributed by atoms with Gasteiger partial charge >= 0.3 is 5.63 Å². The smallest absolute Gasteiger partial charge is 0.336 e. The van der Waals surface area contributed by atoms with Crippen molar-refractivity contribution in [3.8, 4) is 5.75 Å². The zero-order chi connectivity index (χ0) is 21.8. The van der Waals surface area contributed by atoms with Gasteiger partial charge in [-0.2, -0.15) is 0 Å². The van der Waals surface area contributed by atoms with E-state index in [1.54, 1.807) is 31.4 Å². The van der Waals surface area contributed by atoms with Crippen LogP contribution in [0.5, 0.6) is 5.75 Å². The van der Waals surface area contributed by atoms with E-state index in [1.807, 2.05) is 20.0 Å². The van der Waals surface area contributed by atoms with Crippen molar-refractivity contribution in [3.05, 3.63) is 69.6 Å². The van der Waals surface area contributed by atoms with Crippen molar-refractivity contribution in [1.29, 1.82) is 0 Å². The van der Waals surface area contributed by atoms with Crippen LogP contribution in [0.1, 0.15) is 36.5 Å². The number of carbonyl (C=O) groups excluding carboxylic acids is 1. The maximum atomic E-state index is 12.4. The molecule has 30 heavy (non-hydrogen) atoms. The largest absolute Gasteiger partial charge is 0.497 e. The Kier molecular flexibility index (Phi) is 6.57. The standard InChI is InChI=1S/C24H28N2O4/c1-15(2)20-12-21-17(11-24(28)30-22(21)10-16(20)3)13-26(4)14-23(27)25-18-6-8-19(29-5)9-7-18/h6-12,15H,13-14H2,1-5H3,(H,25,27)/p+1. The second-order valence-electron chi connectivity index (χ2n) is 8.04. The summed E-state index contributed by atoms with van der Waals surface area (Å²) in [6.45, 7) is 7.14. The number of hydrogen-bond donors (Lipinski definition) is 2. The maximum Gasteiger partial charge on any atom is 0.336 e. The molecule has 6 heteroatoms. The number of amides is 1. The molecule has 1 aromatic heterocycles. The van der Waals surface area contributed by atoms with Crippen LogP contribution in [0.15, 0.2) is 51.7 Å². The molecule has 3 rings (SSSR count). The monoisotopic (exact) mass is 409 g/mol. The Morgan fingerprint density at radius 2 is 1.87 bits per heavy atom. The number of anilines is 1. The third-order valence-corrected chi connectivity index (χ3v) is 5.17. The Labute approximate surface area is 176 Å². The van der Waals surface area contributed by atoms with Crippen LogP contribution in [-0.4, -0.2) is 26.6 Å². The van der Waals surface area contributed by atoms with Crippen molar-refractivity contribution in [2.75, 3.05) is 26.0 Å². The number of quaternary nitrogens is 1. The zero-order valence-electron chi connectivity index (χ0n) is 18.2. The number of hydrogen-bond acceptors (Lipinski definition) is 4.